The lowest BCUT2D eigenvalue weighted by Crippen LogP contribution is -2.25. The fraction of sp³-hybridized carbons (Fsp3) is 0.125. The number of para-hydroxylation sites is 2. The summed E-state index contributed by atoms with van der Waals surface area (Å²) in [5, 5.41) is 3.63. The van der Waals surface area contributed by atoms with Crippen LogP contribution in [-0.4, -0.2) is 18.4 Å². The number of carbonyl (C=O) groups is 1. The molecule has 3 aromatic rings. The highest BCUT2D eigenvalue weighted by Crippen LogP contribution is 2.35. The van der Waals surface area contributed by atoms with Crippen LogP contribution in [0.1, 0.15) is 4.88 Å². The Morgan fingerprint density at radius 3 is 2.79 bits per heavy atom. The van der Waals surface area contributed by atoms with Crippen LogP contribution in [0.5, 0.6) is 5.75 Å². The maximum absolute atomic E-state index is 12.2. The van der Waals surface area contributed by atoms with Crippen molar-refractivity contribution in [2.24, 2.45) is 0 Å². The van der Waals surface area contributed by atoms with E-state index in [1.807, 2.05) is 18.2 Å². The van der Waals surface area contributed by atoms with Crippen molar-refractivity contribution in [3.05, 3.63) is 57.9 Å². The molecular weight excluding hydrogens is 352 g/mol. The molecule has 0 unspecified atom stereocenters. The predicted molar refractivity (Wildman–Crippen MR) is 91.2 cm³/mol. The second-order valence-corrected chi connectivity index (χ2v) is 6.42. The monoisotopic (exact) mass is 364 g/mol. The first-order chi connectivity index (χ1) is 11.7. The average molecular weight is 365 g/mol. The van der Waals surface area contributed by atoms with Crippen molar-refractivity contribution in [2.45, 2.75) is 6.61 Å². The number of hydrogen-bond donors (Lipinski definition) is 0. The smallest absolute Gasteiger partial charge is 0.421 e. The van der Waals surface area contributed by atoms with E-state index in [2.05, 4.69) is 5.16 Å². The minimum atomic E-state index is -0.609. The molecule has 1 amide bonds. The third-order valence-corrected chi connectivity index (χ3v) is 4.31. The Labute approximate surface area is 147 Å². The lowest BCUT2D eigenvalue weighted by molar-refractivity contribution is 0.179. The van der Waals surface area contributed by atoms with Crippen molar-refractivity contribution in [3.63, 3.8) is 0 Å². The van der Waals surface area contributed by atoms with Crippen LogP contribution in [0.15, 0.2) is 53.2 Å². The largest absolute Gasteiger partial charge is 0.486 e. The highest BCUT2D eigenvalue weighted by atomic mass is 35.5. The molecule has 0 radical (unpaired) electrons. The summed E-state index contributed by atoms with van der Waals surface area (Å²) in [6.07, 6.45) is 0.838. The van der Waals surface area contributed by atoms with Crippen molar-refractivity contribution >= 4 is 40.6 Å². The molecule has 0 aliphatic rings. The summed E-state index contributed by atoms with van der Waals surface area (Å²) in [7, 11) is 1.29. The van der Waals surface area contributed by atoms with Crippen molar-refractivity contribution < 1.29 is 18.8 Å². The number of ether oxygens (including phenoxy) is 2. The topological polar surface area (TPSA) is 64.8 Å². The van der Waals surface area contributed by atoms with E-state index in [0.717, 1.165) is 4.88 Å². The van der Waals surface area contributed by atoms with Gasteiger partial charge in [-0.3, -0.25) is 0 Å². The molecule has 8 heteroatoms. The molecule has 0 saturated carbocycles. The van der Waals surface area contributed by atoms with Gasteiger partial charge in [0.05, 0.1) is 23.3 Å². The first-order valence-electron chi connectivity index (χ1n) is 6.94. The molecular formula is C16H13ClN2O4S. The van der Waals surface area contributed by atoms with Crippen LogP contribution >= 0.6 is 22.9 Å². The van der Waals surface area contributed by atoms with E-state index in [-0.39, 0.29) is 5.88 Å². The number of halogens is 1. The number of carbonyl (C=O) groups excluding carboxylic acids is 1. The van der Waals surface area contributed by atoms with E-state index in [1.165, 1.54) is 29.5 Å². The minimum absolute atomic E-state index is 0.233. The van der Waals surface area contributed by atoms with E-state index in [0.29, 0.717) is 22.4 Å². The SMILES string of the molecule is COC(=O)N(c1ccno1)c1ccccc1OCc1ccc(Cl)s1. The summed E-state index contributed by atoms with van der Waals surface area (Å²) < 4.78 is 16.5. The van der Waals surface area contributed by atoms with Gasteiger partial charge in [0.15, 0.2) is 0 Å². The normalized spacial score (nSPS) is 10.4. The summed E-state index contributed by atoms with van der Waals surface area (Å²) in [5.41, 5.74) is 0.490. The van der Waals surface area contributed by atoms with Gasteiger partial charge < -0.3 is 14.0 Å². The summed E-state index contributed by atoms with van der Waals surface area (Å²) in [4.78, 5) is 14.4. The van der Waals surface area contributed by atoms with Crippen molar-refractivity contribution in [1.29, 1.82) is 0 Å². The van der Waals surface area contributed by atoms with Gasteiger partial charge in [0.2, 0.25) is 5.88 Å². The zero-order valence-electron chi connectivity index (χ0n) is 12.6. The van der Waals surface area contributed by atoms with Crippen LogP contribution in [0.4, 0.5) is 16.4 Å². The Morgan fingerprint density at radius 1 is 1.29 bits per heavy atom. The average Bonchev–Trinajstić information content (AvgIpc) is 3.26. The summed E-state index contributed by atoms with van der Waals surface area (Å²) in [6, 6.07) is 12.4. The fourth-order valence-electron chi connectivity index (χ4n) is 2.06. The van der Waals surface area contributed by atoms with Crippen molar-refractivity contribution in [1.82, 2.24) is 5.16 Å². The molecule has 2 heterocycles. The number of benzene rings is 1. The minimum Gasteiger partial charge on any atom is -0.486 e. The molecule has 0 bridgehead atoms. The van der Waals surface area contributed by atoms with Crippen molar-refractivity contribution in [2.75, 3.05) is 12.0 Å². The van der Waals surface area contributed by atoms with Gasteiger partial charge in [-0.15, -0.1) is 11.3 Å². The van der Waals surface area contributed by atoms with E-state index >= 15 is 0 Å². The first-order valence-corrected chi connectivity index (χ1v) is 8.13. The van der Waals surface area contributed by atoms with Crippen LogP contribution in [0.25, 0.3) is 0 Å². The van der Waals surface area contributed by atoms with E-state index in [4.69, 9.17) is 25.6 Å². The van der Waals surface area contributed by atoms with Gasteiger partial charge in [0.25, 0.3) is 0 Å². The maximum Gasteiger partial charge on any atom is 0.421 e. The Bertz CT molecular complexity index is 819. The fourth-order valence-corrected chi connectivity index (χ4v) is 3.07. The second-order valence-electron chi connectivity index (χ2n) is 4.62. The lowest BCUT2D eigenvalue weighted by atomic mass is 10.2. The van der Waals surface area contributed by atoms with Gasteiger partial charge in [-0.05, 0) is 24.3 Å². The Balaban J connectivity index is 1.90. The Morgan fingerprint density at radius 2 is 2.12 bits per heavy atom. The molecule has 124 valence electrons. The molecule has 0 aliphatic carbocycles. The Kier molecular flexibility index (Phi) is 5.02. The quantitative estimate of drug-likeness (QED) is 0.646. The van der Waals surface area contributed by atoms with Gasteiger partial charge in [0, 0.05) is 10.9 Å². The molecule has 0 N–H and O–H groups in total. The molecule has 3 rings (SSSR count). The summed E-state index contributed by atoms with van der Waals surface area (Å²) in [5.74, 6) is 0.737. The van der Waals surface area contributed by atoms with Gasteiger partial charge in [-0.2, -0.15) is 0 Å². The van der Waals surface area contributed by atoms with Crippen LogP contribution < -0.4 is 9.64 Å². The molecule has 0 aliphatic heterocycles. The molecule has 0 saturated heterocycles. The molecule has 0 fully saturated rings. The molecule has 0 atom stereocenters. The van der Waals surface area contributed by atoms with Gasteiger partial charge in [0.1, 0.15) is 12.4 Å². The molecule has 0 spiro atoms. The van der Waals surface area contributed by atoms with Crippen molar-refractivity contribution in [3.8, 4) is 5.75 Å². The Hall–Kier alpha value is -2.51. The summed E-state index contributed by atoms with van der Waals surface area (Å²) >= 11 is 7.36. The van der Waals surface area contributed by atoms with E-state index < -0.39 is 6.09 Å². The zero-order valence-corrected chi connectivity index (χ0v) is 14.2. The maximum atomic E-state index is 12.2. The van der Waals surface area contributed by atoms with E-state index in [1.54, 1.807) is 24.3 Å². The standard InChI is InChI=1S/C16H13ClN2O4S/c1-21-16(20)19(15-8-9-18-23-15)12-4-2-3-5-13(12)22-10-11-6-7-14(17)24-11/h2-9H,10H2,1H3. The van der Waals surface area contributed by atoms with Crippen LogP contribution in [0, 0.1) is 0 Å². The number of thiophene rings is 1. The predicted octanol–water partition coefficient (Wildman–Crippen LogP) is 4.87. The molecule has 24 heavy (non-hydrogen) atoms. The van der Waals surface area contributed by atoms with Crippen LogP contribution in [0.3, 0.4) is 0 Å². The second kappa shape index (κ2) is 7.37. The molecule has 2 aromatic heterocycles. The highest BCUT2D eigenvalue weighted by molar-refractivity contribution is 7.16. The number of nitrogens with zero attached hydrogens (tertiary/aromatic N) is 2. The number of methoxy groups -OCH3 is 1. The lowest BCUT2D eigenvalue weighted by Gasteiger charge is -2.20. The number of aromatic nitrogens is 1. The third-order valence-electron chi connectivity index (χ3n) is 3.11. The number of anilines is 2. The third kappa shape index (κ3) is 3.52. The molecule has 6 nitrogen and oxygen atoms in total. The van der Waals surface area contributed by atoms with Crippen LogP contribution in [0.2, 0.25) is 4.34 Å². The van der Waals surface area contributed by atoms with Crippen LogP contribution in [-0.2, 0) is 11.3 Å². The number of hydrogen-bond acceptors (Lipinski definition) is 6. The molecule has 1 aromatic carbocycles. The van der Waals surface area contributed by atoms with Gasteiger partial charge in [-0.25, -0.2) is 9.69 Å². The van der Waals surface area contributed by atoms with E-state index in [9.17, 15) is 4.79 Å². The van der Waals surface area contributed by atoms with Gasteiger partial charge in [-0.1, -0.05) is 28.9 Å². The highest BCUT2D eigenvalue weighted by Gasteiger charge is 2.25. The number of amides is 1. The summed E-state index contributed by atoms with van der Waals surface area (Å²) in [6.45, 7) is 0.333. The first kappa shape index (κ1) is 16.4. The number of rotatable bonds is 5. The van der Waals surface area contributed by atoms with Gasteiger partial charge >= 0.3 is 6.09 Å². The zero-order chi connectivity index (χ0) is 16.9.